The summed E-state index contributed by atoms with van der Waals surface area (Å²) in [7, 11) is 0. The first-order valence-electron chi connectivity index (χ1n) is 7.22. The topological polar surface area (TPSA) is 26.3 Å². The number of hydrogen-bond acceptors (Lipinski definition) is 2. The summed E-state index contributed by atoms with van der Waals surface area (Å²) in [6.45, 7) is 14.4. The molecule has 0 atom stereocenters. The molecule has 0 aromatic rings. The molecule has 0 spiro atoms. The molecule has 1 saturated carbocycles. The van der Waals surface area contributed by atoms with Gasteiger partial charge in [-0.2, -0.15) is 0 Å². The lowest BCUT2D eigenvalue weighted by Gasteiger charge is -2.40. The van der Waals surface area contributed by atoms with Crippen molar-refractivity contribution in [3.8, 4) is 0 Å². The molecular formula is C16H30O2. The molecule has 0 heterocycles. The van der Waals surface area contributed by atoms with Crippen LogP contribution in [0.4, 0.5) is 0 Å². The molecular weight excluding hydrogens is 224 g/mol. The fraction of sp³-hybridized carbons (Fsp3) is 0.938. The number of carbonyl (C=O) groups excluding carboxylic acids is 1. The normalized spacial score (nSPS) is 19.1. The van der Waals surface area contributed by atoms with Crippen LogP contribution in [-0.4, -0.2) is 11.6 Å². The van der Waals surface area contributed by atoms with Crippen molar-refractivity contribution in [2.75, 3.05) is 0 Å². The van der Waals surface area contributed by atoms with Crippen LogP contribution in [0.1, 0.15) is 74.1 Å². The molecule has 1 rings (SSSR count). The van der Waals surface area contributed by atoms with Crippen molar-refractivity contribution < 1.29 is 9.53 Å². The van der Waals surface area contributed by atoms with Gasteiger partial charge in [-0.25, -0.2) is 0 Å². The van der Waals surface area contributed by atoms with E-state index in [9.17, 15) is 4.79 Å². The molecule has 0 aromatic heterocycles. The van der Waals surface area contributed by atoms with Crippen molar-refractivity contribution >= 4 is 5.97 Å². The van der Waals surface area contributed by atoms with Gasteiger partial charge in [0, 0.05) is 0 Å². The second-order valence-electron chi connectivity index (χ2n) is 7.85. The van der Waals surface area contributed by atoms with Gasteiger partial charge < -0.3 is 4.74 Å². The van der Waals surface area contributed by atoms with Crippen LogP contribution in [0.15, 0.2) is 0 Å². The van der Waals surface area contributed by atoms with E-state index in [0.29, 0.717) is 5.92 Å². The Kier molecular flexibility index (Phi) is 4.19. The van der Waals surface area contributed by atoms with E-state index in [1.54, 1.807) is 0 Å². The van der Waals surface area contributed by atoms with Crippen molar-refractivity contribution in [2.45, 2.75) is 79.8 Å². The molecule has 2 heteroatoms. The summed E-state index contributed by atoms with van der Waals surface area (Å²) in [5, 5.41) is 0. The summed E-state index contributed by atoms with van der Waals surface area (Å²) >= 11 is 0. The summed E-state index contributed by atoms with van der Waals surface area (Å²) in [6.07, 6.45) is 4.93. The molecule has 2 nitrogen and oxygen atoms in total. The summed E-state index contributed by atoms with van der Waals surface area (Å²) in [4.78, 5) is 12.5. The Balaban J connectivity index is 2.75. The fourth-order valence-corrected chi connectivity index (χ4v) is 2.38. The highest BCUT2D eigenvalue weighted by Gasteiger charge is 2.45. The van der Waals surface area contributed by atoms with Crippen LogP contribution in [0, 0.1) is 16.7 Å². The highest BCUT2D eigenvalue weighted by atomic mass is 16.6. The zero-order valence-corrected chi connectivity index (χ0v) is 13.2. The van der Waals surface area contributed by atoms with Crippen LogP contribution in [0.25, 0.3) is 0 Å². The first kappa shape index (κ1) is 15.5. The Morgan fingerprint density at radius 1 is 0.944 bits per heavy atom. The van der Waals surface area contributed by atoms with Gasteiger partial charge in [0.15, 0.2) is 0 Å². The van der Waals surface area contributed by atoms with E-state index < -0.39 is 5.41 Å². The predicted molar refractivity (Wildman–Crippen MR) is 75.4 cm³/mol. The van der Waals surface area contributed by atoms with Gasteiger partial charge in [0.1, 0.15) is 5.60 Å². The zero-order valence-electron chi connectivity index (χ0n) is 13.2. The molecule has 1 aliphatic rings. The Morgan fingerprint density at radius 3 is 1.78 bits per heavy atom. The van der Waals surface area contributed by atoms with Crippen molar-refractivity contribution in [3.63, 3.8) is 0 Å². The molecule has 0 amide bonds. The molecule has 0 radical (unpaired) electrons. The van der Waals surface area contributed by atoms with E-state index in [4.69, 9.17) is 4.74 Å². The van der Waals surface area contributed by atoms with E-state index in [1.165, 1.54) is 25.7 Å². The number of carbonyl (C=O) groups is 1. The molecule has 0 aromatic carbocycles. The SMILES string of the molecule is CC(C)(OC(=O)C(C)(C)C(C)(C)C)C1CCCC1. The first-order valence-corrected chi connectivity index (χ1v) is 7.22. The number of hydrogen-bond donors (Lipinski definition) is 0. The Morgan fingerprint density at radius 2 is 1.39 bits per heavy atom. The third-order valence-electron chi connectivity index (χ3n) is 5.08. The lowest BCUT2D eigenvalue weighted by molar-refractivity contribution is -0.178. The molecule has 1 fully saturated rings. The van der Waals surface area contributed by atoms with Gasteiger partial charge >= 0.3 is 5.97 Å². The standard InChI is InChI=1S/C16H30O2/c1-14(2,3)15(4,5)13(17)18-16(6,7)12-10-8-9-11-12/h12H,8-11H2,1-7H3. The number of ether oxygens (including phenoxy) is 1. The smallest absolute Gasteiger partial charge is 0.312 e. The van der Waals surface area contributed by atoms with E-state index in [-0.39, 0.29) is 17.0 Å². The van der Waals surface area contributed by atoms with Gasteiger partial charge in [-0.15, -0.1) is 0 Å². The number of rotatable bonds is 3. The molecule has 18 heavy (non-hydrogen) atoms. The molecule has 0 bridgehead atoms. The fourth-order valence-electron chi connectivity index (χ4n) is 2.38. The van der Waals surface area contributed by atoms with Crippen LogP contribution >= 0.6 is 0 Å². The zero-order chi connectivity index (χ0) is 14.2. The minimum atomic E-state index is -0.455. The third kappa shape index (κ3) is 3.07. The van der Waals surface area contributed by atoms with Gasteiger partial charge in [-0.3, -0.25) is 4.79 Å². The highest BCUT2D eigenvalue weighted by Crippen LogP contribution is 2.42. The quantitative estimate of drug-likeness (QED) is 0.690. The second kappa shape index (κ2) is 4.86. The maximum Gasteiger partial charge on any atom is 0.312 e. The molecule has 0 N–H and O–H groups in total. The van der Waals surface area contributed by atoms with E-state index in [2.05, 4.69) is 34.6 Å². The van der Waals surface area contributed by atoms with Gasteiger partial charge in [-0.1, -0.05) is 33.6 Å². The summed E-state index contributed by atoms with van der Waals surface area (Å²) in [5.41, 5.74) is -0.866. The van der Waals surface area contributed by atoms with E-state index >= 15 is 0 Å². The van der Waals surface area contributed by atoms with E-state index in [1.807, 2.05) is 13.8 Å². The summed E-state index contributed by atoms with van der Waals surface area (Å²) < 4.78 is 5.87. The number of esters is 1. The van der Waals surface area contributed by atoms with Crippen LogP contribution in [0.3, 0.4) is 0 Å². The molecule has 1 aliphatic carbocycles. The van der Waals surface area contributed by atoms with Gasteiger partial charge in [-0.05, 0) is 51.9 Å². The Labute approximate surface area is 112 Å². The first-order chi connectivity index (χ1) is 7.98. The van der Waals surface area contributed by atoms with Crippen LogP contribution in [-0.2, 0) is 9.53 Å². The van der Waals surface area contributed by atoms with E-state index in [0.717, 1.165) is 0 Å². The van der Waals surface area contributed by atoms with Crippen molar-refractivity contribution in [2.24, 2.45) is 16.7 Å². The maximum atomic E-state index is 12.5. The van der Waals surface area contributed by atoms with Crippen molar-refractivity contribution in [1.29, 1.82) is 0 Å². The average Bonchev–Trinajstić information content (AvgIpc) is 2.67. The second-order valence-corrected chi connectivity index (χ2v) is 7.85. The summed E-state index contributed by atoms with van der Waals surface area (Å²) in [5.74, 6) is 0.462. The highest BCUT2D eigenvalue weighted by molar-refractivity contribution is 5.77. The summed E-state index contributed by atoms with van der Waals surface area (Å²) in [6, 6.07) is 0. The van der Waals surface area contributed by atoms with Crippen LogP contribution < -0.4 is 0 Å². The van der Waals surface area contributed by atoms with Crippen molar-refractivity contribution in [3.05, 3.63) is 0 Å². The van der Waals surface area contributed by atoms with Crippen molar-refractivity contribution in [1.82, 2.24) is 0 Å². The molecule has 0 aliphatic heterocycles. The Hall–Kier alpha value is -0.530. The third-order valence-corrected chi connectivity index (χ3v) is 5.08. The maximum absolute atomic E-state index is 12.5. The minimum Gasteiger partial charge on any atom is -0.459 e. The predicted octanol–water partition coefficient (Wildman–Crippen LogP) is 4.57. The van der Waals surface area contributed by atoms with Crippen LogP contribution in [0.5, 0.6) is 0 Å². The average molecular weight is 254 g/mol. The molecule has 106 valence electrons. The molecule has 0 saturated heterocycles. The largest absolute Gasteiger partial charge is 0.459 e. The van der Waals surface area contributed by atoms with Crippen LogP contribution in [0.2, 0.25) is 0 Å². The van der Waals surface area contributed by atoms with Gasteiger partial charge in [0.25, 0.3) is 0 Å². The lowest BCUT2D eigenvalue weighted by atomic mass is 9.69. The monoisotopic (exact) mass is 254 g/mol. The lowest BCUT2D eigenvalue weighted by Crippen LogP contribution is -2.45. The molecule has 0 unspecified atom stereocenters. The van der Waals surface area contributed by atoms with Gasteiger partial charge in [0.05, 0.1) is 5.41 Å². The minimum absolute atomic E-state index is 0.0631. The van der Waals surface area contributed by atoms with Gasteiger partial charge in [0.2, 0.25) is 0 Å². The Bertz CT molecular complexity index is 302.